The van der Waals surface area contributed by atoms with Crippen molar-refractivity contribution < 1.29 is 0 Å². The summed E-state index contributed by atoms with van der Waals surface area (Å²) in [5, 5.41) is 1.92. The smallest absolute Gasteiger partial charge is 0.0968 e. The van der Waals surface area contributed by atoms with E-state index < -0.39 is 0 Å². The molecule has 1 unspecified atom stereocenters. The summed E-state index contributed by atoms with van der Waals surface area (Å²) >= 11 is 7.85. The van der Waals surface area contributed by atoms with Crippen LogP contribution in [0.25, 0.3) is 0 Å². The number of thiazole rings is 1. The van der Waals surface area contributed by atoms with Gasteiger partial charge in [-0.25, -0.2) is 4.98 Å². The summed E-state index contributed by atoms with van der Waals surface area (Å²) in [4.78, 5) is 5.64. The van der Waals surface area contributed by atoms with Gasteiger partial charge in [-0.2, -0.15) is 0 Å². The van der Waals surface area contributed by atoms with Crippen LogP contribution in [0.5, 0.6) is 0 Å². The third kappa shape index (κ3) is 3.06. The zero-order valence-electron chi connectivity index (χ0n) is 9.69. The molecule has 0 spiro atoms. The molecule has 90 valence electrons. The zero-order chi connectivity index (χ0) is 12.3. The molecule has 2 aromatic rings. The van der Waals surface area contributed by atoms with Gasteiger partial charge in [0.15, 0.2) is 0 Å². The van der Waals surface area contributed by atoms with Crippen LogP contribution >= 0.6 is 22.9 Å². The van der Waals surface area contributed by atoms with Crippen LogP contribution in [0.4, 0.5) is 0 Å². The Morgan fingerprint density at radius 1 is 1.41 bits per heavy atom. The number of nitrogens with zero attached hydrogens (tertiary/aromatic N) is 1. The van der Waals surface area contributed by atoms with E-state index >= 15 is 0 Å². The van der Waals surface area contributed by atoms with Crippen molar-refractivity contribution in [3.8, 4) is 0 Å². The van der Waals surface area contributed by atoms with E-state index in [2.05, 4.69) is 11.9 Å². The molecule has 1 heterocycles. The highest BCUT2D eigenvalue weighted by molar-refractivity contribution is 7.11. The number of nitrogens with two attached hydrogens (primary N) is 1. The van der Waals surface area contributed by atoms with E-state index in [0.29, 0.717) is 12.5 Å². The van der Waals surface area contributed by atoms with E-state index in [1.54, 1.807) is 11.3 Å². The molecule has 0 aliphatic rings. The summed E-state index contributed by atoms with van der Waals surface area (Å²) in [7, 11) is 0. The monoisotopic (exact) mass is 266 g/mol. The molecular formula is C13H15ClN2S. The summed E-state index contributed by atoms with van der Waals surface area (Å²) in [5.41, 5.74) is 6.78. The van der Waals surface area contributed by atoms with Crippen LogP contribution in [0.1, 0.15) is 28.3 Å². The van der Waals surface area contributed by atoms with Crippen molar-refractivity contribution in [2.75, 3.05) is 6.54 Å². The Kier molecular flexibility index (Phi) is 4.15. The van der Waals surface area contributed by atoms with E-state index in [9.17, 15) is 0 Å². The van der Waals surface area contributed by atoms with Crippen molar-refractivity contribution in [3.05, 3.63) is 50.9 Å². The van der Waals surface area contributed by atoms with Gasteiger partial charge < -0.3 is 5.73 Å². The minimum Gasteiger partial charge on any atom is -0.330 e. The molecule has 0 saturated carbocycles. The Morgan fingerprint density at radius 2 is 2.18 bits per heavy atom. The first kappa shape index (κ1) is 12.6. The minimum atomic E-state index is 0.333. The topological polar surface area (TPSA) is 38.9 Å². The van der Waals surface area contributed by atoms with E-state index in [-0.39, 0.29) is 0 Å². The third-order valence-electron chi connectivity index (χ3n) is 2.67. The van der Waals surface area contributed by atoms with Crippen LogP contribution in [0.15, 0.2) is 30.5 Å². The summed E-state index contributed by atoms with van der Waals surface area (Å²) in [5.74, 6) is 0.333. The lowest BCUT2D eigenvalue weighted by Crippen LogP contribution is -2.08. The number of aromatic nitrogens is 1. The molecule has 0 amide bonds. The number of halogens is 1. The van der Waals surface area contributed by atoms with E-state index in [1.165, 1.54) is 4.88 Å². The molecule has 0 aliphatic heterocycles. The van der Waals surface area contributed by atoms with E-state index in [0.717, 1.165) is 22.0 Å². The molecule has 2 rings (SSSR count). The van der Waals surface area contributed by atoms with Crippen LogP contribution < -0.4 is 5.73 Å². The Balaban J connectivity index is 2.14. The lowest BCUT2D eigenvalue weighted by Gasteiger charge is -2.02. The summed E-state index contributed by atoms with van der Waals surface area (Å²) < 4.78 is 0. The molecule has 2 N–H and O–H groups in total. The fourth-order valence-corrected chi connectivity index (χ4v) is 2.77. The maximum Gasteiger partial charge on any atom is 0.0968 e. The van der Waals surface area contributed by atoms with Crippen molar-refractivity contribution in [1.29, 1.82) is 0 Å². The molecule has 1 aromatic carbocycles. The average Bonchev–Trinajstić information content (AvgIpc) is 2.80. The highest BCUT2D eigenvalue weighted by Crippen LogP contribution is 2.25. The van der Waals surface area contributed by atoms with Gasteiger partial charge in [-0.3, -0.25) is 0 Å². The first-order valence-electron chi connectivity index (χ1n) is 5.58. The molecule has 0 fully saturated rings. The fourth-order valence-electron chi connectivity index (χ4n) is 1.56. The van der Waals surface area contributed by atoms with Crippen molar-refractivity contribution >= 4 is 22.9 Å². The van der Waals surface area contributed by atoms with Crippen LogP contribution in [-0.2, 0) is 6.42 Å². The second-order valence-electron chi connectivity index (χ2n) is 4.07. The highest BCUT2D eigenvalue weighted by Gasteiger charge is 2.09. The van der Waals surface area contributed by atoms with Gasteiger partial charge in [0.25, 0.3) is 0 Å². The van der Waals surface area contributed by atoms with Gasteiger partial charge in [-0.1, -0.05) is 36.7 Å². The Hall–Kier alpha value is -0.900. The minimum absolute atomic E-state index is 0.333. The normalized spacial score (nSPS) is 12.6. The van der Waals surface area contributed by atoms with Gasteiger partial charge in [0.1, 0.15) is 0 Å². The van der Waals surface area contributed by atoms with Gasteiger partial charge in [0, 0.05) is 35.0 Å². The van der Waals surface area contributed by atoms with Gasteiger partial charge in [0.2, 0.25) is 0 Å². The maximum atomic E-state index is 6.13. The van der Waals surface area contributed by atoms with Crippen molar-refractivity contribution in [2.24, 2.45) is 5.73 Å². The lowest BCUT2D eigenvalue weighted by molar-refractivity contribution is 0.766. The van der Waals surface area contributed by atoms with Crippen LogP contribution in [0, 0.1) is 0 Å². The lowest BCUT2D eigenvalue weighted by atomic mass is 10.1. The molecule has 0 aliphatic carbocycles. The largest absolute Gasteiger partial charge is 0.330 e. The second-order valence-corrected chi connectivity index (χ2v) is 5.62. The predicted octanol–water partition coefficient (Wildman–Crippen LogP) is 3.45. The third-order valence-corrected chi connectivity index (χ3v) is 4.27. The van der Waals surface area contributed by atoms with Crippen LogP contribution in [0.3, 0.4) is 0 Å². The average molecular weight is 267 g/mol. The predicted molar refractivity (Wildman–Crippen MR) is 73.8 cm³/mol. The molecular weight excluding hydrogens is 252 g/mol. The number of rotatable bonds is 4. The first-order chi connectivity index (χ1) is 8.20. The van der Waals surface area contributed by atoms with Crippen molar-refractivity contribution in [3.63, 3.8) is 0 Å². The van der Waals surface area contributed by atoms with Crippen LogP contribution in [0.2, 0.25) is 5.02 Å². The maximum absolute atomic E-state index is 6.13. The molecule has 1 atom stereocenters. The molecule has 0 bridgehead atoms. The van der Waals surface area contributed by atoms with Crippen molar-refractivity contribution in [2.45, 2.75) is 19.3 Å². The van der Waals surface area contributed by atoms with Crippen molar-refractivity contribution in [1.82, 2.24) is 4.98 Å². The summed E-state index contributed by atoms with van der Waals surface area (Å²) in [6, 6.07) is 7.92. The second kappa shape index (κ2) is 5.63. The fraction of sp³-hybridized carbons (Fsp3) is 0.308. The van der Waals surface area contributed by atoms with Crippen LogP contribution in [-0.4, -0.2) is 11.5 Å². The quantitative estimate of drug-likeness (QED) is 0.921. The molecule has 4 heteroatoms. The summed E-state index contributed by atoms with van der Waals surface area (Å²) in [6.45, 7) is 2.73. The van der Waals surface area contributed by atoms with Gasteiger partial charge in [-0.15, -0.1) is 11.3 Å². The Morgan fingerprint density at radius 3 is 2.88 bits per heavy atom. The molecule has 2 nitrogen and oxygen atoms in total. The number of hydrogen-bond donors (Lipinski definition) is 1. The molecule has 0 radical (unpaired) electrons. The highest BCUT2D eigenvalue weighted by atomic mass is 35.5. The summed E-state index contributed by atoms with van der Waals surface area (Å²) in [6.07, 6.45) is 2.77. The molecule has 1 aromatic heterocycles. The SMILES string of the molecule is CC(CN)c1ncc(Cc2ccccc2Cl)s1. The van der Waals surface area contributed by atoms with E-state index in [4.69, 9.17) is 17.3 Å². The Labute approximate surface area is 110 Å². The standard InChI is InChI=1S/C13H15ClN2S/c1-9(7-15)13-16-8-11(17-13)6-10-4-2-3-5-12(10)14/h2-5,8-9H,6-7,15H2,1H3. The number of benzene rings is 1. The zero-order valence-corrected chi connectivity index (χ0v) is 11.3. The number of hydrogen-bond acceptors (Lipinski definition) is 3. The van der Waals surface area contributed by atoms with Gasteiger partial charge >= 0.3 is 0 Å². The van der Waals surface area contributed by atoms with Gasteiger partial charge in [-0.05, 0) is 11.6 Å². The first-order valence-corrected chi connectivity index (χ1v) is 6.78. The molecule has 0 saturated heterocycles. The molecule has 17 heavy (non-hydrogen) atoms. The van der Waals surface area contributed by atoms with Gasteiger partial charge in [0.05, 0.1) is 5.01 Å². The van der Waals surface area contributed by atoms with E-state index in [1.807, 2.05) is 30.5 Å². The Bertz CT molecular complexity index is 496.